The van der Waals surface area contributed by atoms with Crippen LogP contribution in [0.5, 0.6) is 0 Å². The number of rotatable bonds is 4. The van der Waals surface area contributed by atoms with Crippen LogP contribution in [-0.4, -0.2) is 46.1 Å². The molecule has 2 saturated heterocycles. The van der Waals surface area contributed by atoms with Crippen molar-refractivity contribution in [1.29, 1.82) is 0 Å². The summed E-state index contributed by atoms with van der Waals surface area (Å²) in [4.78, 5) is 0. The van der Waals surface area contributed by atoms with E-state index in [9.17, 15) is 0 Å². The van der Waals surface area contributed by atoms with Crippen molar-refractivity contribution in [1.82, 2.24) is 15.1 Å². The van der Waals surface area contributed by atoms with Gasteiger partial charge >= 0.3 is 0 Å². The van der Waals surface area contributed by atoms with Crippen LogP contribution in [0.15, 0.2) is 12.3 Å². The maximum Gasteiger partial charge on any atom is 0.0713 e. The summed E-state index contributed by atoms with van der Waals surface area (Å²) < 4.78 is 8.01. The van der Waals surface area contributed by atoms with Gasteiger partial charge in [0.05, 0.1) is 11.3 Å². The van der Waals surface area contributed by atoms with E-state index in [2.05, 4.69) is 28.2 Å². The molecule has 1 spiro atoms. The Bertz CT molecular complexity index is 423. The first kappa shape index (κ1) is 14.4. The summed E-state index contributed by atoms with van der Waals surface area (Å²) >= 11 is 2.07. The predicted molar refractivity (Wildman–Crippen MR) is 83.2 cm³/mol. The van der Waals surface area contributed by atoms with Crippen molar-refractivity contribution in [3.63, 3.8) is 0 Å². The molecule has 2 aliphatic rings. The Morgan fingerprint density at radius 2 is 2.35 bits per heavy atom. The second kappa shape index (κ2) is 6.50. The van der Waals surface area contributed by atoms with E-state index in [-0.39, 0.29) is 5.60 Å². The molecular weight excluding hydrogens is 270 g/mol. The van der Waals surface area contributed by atoms with Gasteiger partial charge in [-0.15, -0.1) is 0 Å². The topological polar surface area (TPSA) is 39.1 Å². The maximum atomic E-state index is 6.14. The summed E-state index contributed by atoms with van der Waals surface area (Å²) in [5.74, 6) is 2.53. The van der Waals surface area contributed by atoms with Crippen LogP contribution in [0.25, 0.3) is 0 Å². The fourth-order valence-electron chi connectivity index (χ4n) is 3.29. The first-order valence-electron chi connectivity index (χ1n) is 7.69. The van der Waals surface area contributed by atoms with E-state index in [0.717, 1.165) is 26.0 Å². The van der Waals surface area contributed by atoms with Crippen LogP contribution in [0.4, 0.5) is 0 Å². The van der Waals surface area contributed by atoms with Crippen LogP contribution in [0, 0.1) is 0 Å². The molecule has 2 fully saturated rings. The normalized spacial score (nSPS) is 25.9. The Hall–Kier alpha value is -0.520. The third kappa shape index (κ3) is 3.57. The summed E-state index contributed by atoms with van der Waals surface area (Å²) in [5, 5.41) is 8.14. The largest absolute Gasteiger partial charge is 0.375 e. The number of hydrogen-bond acceptors (Lipinski definition) is 4. The van der Waals surface area contributed by atoms with Crippen LogP contribution in [-0.2, 0) is 18.2 Å². The molecule has 0 aromatic carbocycles. The van der Waals surface area contributed by atoms with Gasteiger partial charge in [-0.05, 0) is 43.3 Å². The minimum absolute atomic E-state index is 0.187. The Morgan fingerprint density at radius 3 is 3.10 bits per heavy atom. The minimum atomic E-state index is 0.187. The summed E-state index contributed by atoms with van der Waals surface area (Å²) in [5.41, 5.74) is 1.36. The second-order valence-electron chi connectivity index (χ2n) is 6.02. The maximum absolute atomic E-state index is 6.14. The van der Waals surface area contributed by atoms with Crippen molar-refractivity contribution in [2.45, 2.75) is 43.7 Å². The molecule has 3 heterocycles. The molecule has 1 unspecified atom stereocenters. The van der Waals surface area contributed by atoms with E-state index in [4.69, 9.17) is 4.74 Å². The summed E-state index contributed by atoms with van der Waals surface area (Å²) in [6.45, 7) is 1.94. The smallest absolute Gasteiger partial charge is 0.0713 e. The average Bonchev–Trinajstić information content (AvgIpc) is 2.86. The monoisotopic (exact) mass is 295 g/mol. The lowest BCUT2D eigenvalue weighted by Gasteiger charge is -2.43. The van der Waals surface area contributed by atoms with Gasteiger partial charge in [-0.1, -0.05) is 0 Å². The Balaban J connectivity index is 1.45. The molecular formula is C15H25N3OS. The first-order valence-corrected chi connectivity index (χ1v) is 8.85. The van der Waals surface area contributed by atoms with Crippen molar-refractivity contribution in [3.05, 3.63) is 18.0 Å². The predicted octanol–water partition coefficient (Wildman–Crippen LogP) is 2.00. The van der Waals surface area contributed by atoms with Gasteiger partial charge in [-0.2, -0.15) is 16.9 Å². The van der Waals surface area contributed by atoms with Crippen LogP contribution in [0.1, 0.15) is 31.4 Å². The van der Waals surface area contributed by atoms with E-state index in [1.165, 1.54) is 36.5 Å². The summed E-state index contributed by atoms with van der Waals surface area (Å²) in [6, 6.07) is 2.72. The molecule has 4 nitrogen and oxygen atoms in total. The van der Waals surface area contributed by atoms with Crippen LogP contribution < -0.4 is 5.32 Å². The number of aromatic nitrogens is 2. The van der Waals surface area contributed by atoms with Gasteiger partial charge in [0.1, 0.15) is 0 Å². The van der Waals surface area contributed by atoms with Gasteiger partial charge in [0.25, 0.3) is 0 Å². The van der Waals surface area contributed by atoms with E-state index in [1.807, 2.05) is 17.9 Å². The van der Waals surface area contributed by atoms with E-state index < -0.39 is 0 Å². The van der Waals surface area contributed by atoms with Crippen molar-refractivity contribution < 1.29 is 4.74 Å². The van der Waals surface area contributed by atoms with Crippen molar-refractivity contribution >= 4 is 11.8 Å². The Morgan fingerprint density at radius 1 is 1.50 bits per heavy atom. The van der Waals surface area contributed by atoms with E-state index >= 15 is 0 Å². The van der Waals surface area contributed by atoms with Gasteiger partial charge < -0.3 is 10.1 Å². The fourth-order valence-corrected chi connectivity index (χ4v) is 4.53. The zero-order chi connectivity index (χ0) is 13.8. The lowest BCUT2D eigenvalue weighted by atomic mass is 9.85. The Labute approximate surface area is 125 Å². The third-order valence-corrected chi connectivity index (χ3v) is 5.47. The molecule has 1 aromatic heterocycles. The molecule has 3 rings (SSSR count). The SMILES string of the molecule is Cn1ccc(CCNC2CCOC3(CCSCC3)C2)n1. The molecule has 0 amide bonds. The van der Waals surface area contributed by atoms with Crippen LogP contribution in [0.3, 0.4) is 0 Å². The van der Waals surface area contributed by atoms with E-state index in [0.29, 0.717) is 6.04 Å². The molecule has 0 aliphatic carbocycles. The average molecular weight is 295 g/mol. The number of hydrogen-bond donors (Lipinski definition) is 1. The molecule has 1 N–H and O–H groups in total. The number of ether oxygens (including phenoxy) is 1. The Kier molecular flexibility index (Phi) is 4.68. The van der Waals surface area contributed by atoms with Crippen molar-refractivity contribution in [2.75, 3.05) is 24.7 Å². The lowest BCUT2D eigenvalue weighted by molar-refractivity contribution is -0.0930. The number of nitrogens with one attached hydrogen (secondary N) is 1. The van der Waals surface area contributed by atoms with Gasteiger partial charge in [0.15, 0.2) is 0 Å². The quantitative estimate of drug-likeness (QED) is 0.922. The standard InChI is InChI=1S/C15H25N3OS/c1-18-8-3-13(17-18)2-7-16-14-4-9-19-15(12-14)5-10-20-11-6-15/h3,8,14,16H,2,4-7,9-12H2,1H3. The summed E-state index contributed by atoms with van der Waals surface area (Å²) in [7, 11) is 1.97. The third-order valence-electron chi connectivity index (χ3n) is 4.48. The molecule has 112 valence electrons. The minimum Gasteiger partial charge on any atom is -0.375 e. The molecule has 0 saturated carbocycles. The highest BCUT2D eigenvalue weighted by molar-refractivity contribution is 7.99. The van der Waals surface area contributed by atoms with Crippen LogP contribution >= 0.6 is 11.8 Å². The van der Waals surface area contributed by atoms with Gasteiger partial charge in [0.2, 0.25) is 0 Å². The van der Waals surface area contributed by atoms with Gasteiger partial charge in [-0.3, -0.25) is 4.68 Å². The number of thioether (sulfide) groups is 1. The highest BCUT2D eigenvalue weighted by Crippen LogP contribution is 2.37. The lowest BCUT2D eigenvalue weighted by Crippen LogP contribution is -2.49. The highest BCUT2D eigenvalue weighted by atomic mass is 32.2. The first-order chi connectivity index (χ1) is 9.76. The zero-order valence-corrected chi connectivity index (χ0v) is 13.1. The molecule has 1 atom stereocenters. The molecule has 20 heavy (non-hydrogen) atoms. The fraction of sp³-hybridized carbons (Fsp3) is 0.800. The highest BCUT2D eigenvalue weighted by Gasteiger charge is 2.38. The second-order valence-corrected chi connectivity index (χ2v) is 7.24. The number of aryl methyl sites for hydroxylation is 1. The molecule has 5 heteroatoms. The zero-order valence-electron chi connectivity index (χ0n) is 12.3. The molecule has 1 aromatic rings. The summed E-state index contributed by atoms with van der Waals surface area (Å²) in [6.07, 6.45) is 7.83. The molecule has 0 bridgehead atoms. The molecule has 0 radical (unpaired) electrons. The van der Waals surface area contributed by atoms with Crippen molar-refractivity contribution in [2.24, 2.45) is 7.05 Å². The van der Waals surface area contributed by atoms with Gasteiger partial charge in [-0.25, -0.2) is 0 Å². The molecule has 2 aliphatic heterocycles. The number of nitrogens with zero attached hydrogens (tertiary/aromatic N) is 2. The van der Waals surface area contributed by atoms with Crippen LogP contribution in [0.2, 0.25) is 0 Å². The van der Waals surface area contributed by atoms with Crippen molar-refractivity contribution in [3.8, 4) is 0 Å². The van der Waals surface area contributed by atoms with Gasteiger partial charge in [0, 0.05) is 38.9 Å². The van der Waals surface area contributed by atoms with E-state index in [1.54, 1.807) is 0 Å².